The molecule has 5 nitrogen and oxygen atoms in total. The van der Waals surface area contributed by atoms with Crippen LogP contribution in [0.5, 0.6) is 0 Å². The summed E-state index contributed by atoms with van der Waals surface area (Å²) in [5, 5.41) is 2.79. The van der Waals surface area contributed by atoms with Crippen LogP contribution in [0.1, 0.15) is 12.7 Å². The lowest BCUT2D eigenvalue weighted by Crippen LogP contribution is -2.31. The van der Waals surface area contributed by atoms with E-state index in [0.29, 0.717) is 0 Å². The Labute approximate surface area is 89.1 Å². The minimum absolute atomic E-state index is 0.0492. The number of hydrogen-bond acceptors (Lipinski definition) is 2. The van der Waals surface area contributed by atoms with Crippen molar-refractivity contribution in [1.29, 1.82) is 0 Å². The molecule has 0 atom stereocenters. The third kappa shape index (κ3) is 2.11. The highest BCUT2D eigenvalue weighted by Crippen LogP contribution is 2.01. The Hall–Kier alpha value is -1.52. The van der Waals surface area contributed by atoms with Crippen molar-refractivity contribution in [3.8, 4) is 0 Å². The second kappa shape index (κ2) is 4.33. The third-order valence-electron chi connectivity index (χ3n) is 2.67. The first kappa shape index (κ1) is 10.0. The molecule has 5 heteroatoms. The fourth-order valence-electron chi connectivity index (χ4n) is 1.81. The van der Waals surface area contributed by atoms with E-state index in [0.717, 1.165) is 38.4 Å². The summed E-state index contributed by atoms with van der Waals surface area (Å²) in [5.41, 5.74) is 0. The summed E-state index contributed by atoms with van der Waals surface area (Å²) in [6, 6.07) is 0.0492. The third-order valence-corrected chi connectivity index (χ3v) is 2.67. The number of carbonyl (C=O) groups is 1. The quantitative estimate of drug-likeness (QED) is 0.782. The Balaban J connectivity index is 1.90. The van der Waals surface area contributed by atoms with E-state index in [1.165, 1.54) is 0 Å². The molecule has 2 rings (SSSR count). The number of imidazole rings is 1. The summed E-state index contributed by atoms with van der Waals surface area (Å²) in [5.74, 6) is 1.08. The van der Waals surface area contributed by atoms with Gasteiger partial charge in [0.05, 0.1) is 0 Å². The molecule has 0 spiro atoms. The SMILES string of the molecule is CCc1nccn1CCN1CCNC1=O. The fourth-order valence-corrected chi connectivity index (χ4v) is 1.81. The smallest absolute Gasteiger partial charge is 0.317 e. The van der Waals surface area contributed by atoms with Gasteiger partial charge in [0.2, 0.25) is 0 Å². The maximum atomic E-state index is 11.3. The molecule has 1 aliphatic rings. The minimum atomic E-state index is 0.0492. The normalized spacial score (nSPS) is 15.8. The van der Waals surface area contributed by atoms with Gasteiger partial charge in [-0.25, -0.2) is 9.78 Å². The summed E-state index contributed by atoms with van der Waals surface area (Å²) in [6.07, 6.45) is 4.70. The molecule has 0 aromatic carbocycles. The van der Waals surface area contributed by atoms with Gasteiger partial charge < -0.3 is 14.8 Å². The van der Waals surface area contributed by atoms with E-state index in [2.05, 4.69) is 21.8 Å². The van der Waals surface area contributed by atoms with Crippen molar-refractivity contribution in [2.45, 2.75) is 19.9 Å². The van der Waals surface area contributed by atoms with Gasteiger partial charge in [0, 0.05) is 45.0 Å². The van der Waals surface area contributed by atoms with Crippen LogP contribution in [-0.2, 0) is 13.0 Å². The Bertz CT molecular complexity index is 347. The summed E-state index contributed by atoms with van der Waals surface area (Å²) in [6.45, 7) is 5.26. The molecule has 0 aliphatic carbocycles. The average molecular weight is 208 g/mol. The standard InChI is InChI=1S/C10H16N4O/c1-2-9-11-3-5-13(9)7-8-14-6-4-12-10(14)15/h3,5H,2,4,6-8H2,1H3,(H,12,15). The monoisotopic (exact) mass is 208 g/mol. The first-order chi connectivity index (χ1) is 7.31. The van der Waals surface area contributed by atoms with Crippen LogP contribution in [0.2, 0.25) is 0 Å². The predicted molar refractivity (Wildman–Crippen MR) is 56.6 cm³/mol. The number of urea groups is 1. The number of nitrogens with zero attached hydrogens (tertiary/aromatic N) is 3. The van der Waals surface area contributed by atoms with Gasteiger partial charge in [0.1, 0.15) is 5.82 Å². The number of rotatable bonds is 4. The van der Waals surface area contributed by atoms with E-state index in [9.17, 15) is 4.79 Å². The Morgan fingerprint density at radius 3 is 3.07 bits per heavy atom. The van der Waals surface area contributed by atoms with Crippen LogP contribution in [0.25, 0.3) is 0 Å². The lowest BCUT2D eigenvalue weighted by molar-refractivity contribution is 0.215. The molecule has 2 amide bonds. The molecule has 1 aliphatic heterocycles. The van der Waals surface area contributed by atoms with Crippen molar-refractivity contribution in [3.63, 3.8) is 0 Å². The zero-order chi connectivity index (χ0) is 10.7. The summed E-state index contributed by atoms with van der Waals surface area (Å²) in [4.78, 5) is 17.4. The van der Waals surface area contributed by atoms with Crippen molar-refractivity contribution in [2.24, 2.45) is 0 Å². The molecular weight excluding hydrogens is 192 g/mol. The van der Waals surface area contributed by atoms with E-state index in [1.807, 2.05) is 17.3 Å². The van der Waals surface area contributed by atoms with Crippen LogP contribution in [0.3, 0.4) is 0 Å². The fraction of sp³-hybridized carbons (Fsp3) is 0.600. The lowest BCUT2D eigenvalue weighted by Gasteiger charge is -2.15. The number of amides is 2. The van der Waals surface area contributed by atoms with Gasteiger partial charge >= 0.3 is 6.03 Å². The van der Waals surface area contributed by atoms with Gasteiger partial charge in [0.25, 0.3) is 0 Å². The van der Waals surface area contributed by atoms with E-state index >= 15 is 0 Å². The molecular formula is C10H16N4O. The molecule has 2 heterocycles. The van der Waals surface area contributed by atoms with Gasteiger partial charge in [-0.1, -0.05) is 6.92 Å². The summed E-state index contributed by atoms with van der Waals surface area (Å²) >= 11 is 0. The van der Waals surface area contributed by atoms with Crippen LogP contribution in [0.15, 0.2) is 12.4 Å². The molecule has 1 aromatic heterocycles. The lowest BCUT2D eigenvalue weighted by atomic mass is 10.4. The number of nitrogens with one attached hydrogen (secondary N) is 1. The minimum Gasteiger partial charge on any atom is -0.336 e. The Morgan fingerprint density at radius 1 is 1.53 bits per heavy atom. The molecule has 0 unspecified atom stereocenters. The van der Waals surface area contributed by atoms with Crippen molar-refractivity contribution >= 4 is 6.03 Å². The molecule has 1 fully saturated rings. The Morgan fingerprint density at radius 2 is 2.40 bits per heavy atom. The van der Waals surface area contributed by atoms with E-state index < -0.39 is 0 Å². The predicted octanol–water partition coefficient (Wildman–Crippen LogP) is 0.471. The van der Waals surface area contributed by atoms with Gasteiger partial charge in [-0.3, -0.25) is 0 Å². The molecule has 0 saturated carbocycles. The molecule has 15 heavy (non-hydrogen) atoms. The second-order valence-electron chi connectivity index (χ2n) is 3.61. The largest absolute Gasteiger partial charge is 0.336 e. The highest BCUT2D eigenvalue weighted by atomic mass is 16.2. The van der Waals surface area contributed by atoms with Crippen molar-refractivity contribution in [2.75, 3.05) is 19.6 Å². The first-order valence-electron chi connectivity index (χ1n) is 5.34. The van der Waals surface area contributed by atoms with Gasteiger partial charge in [-0.2, -0.15) is 0 Å². The van der Waals surface area contributed by atoms with Crippen LogP contribution >= 0.6 is 0 Å². The summed E-state index contributed by atoms with van der Waals surface area (Å²) in [7, 11) is 0. The van der Waals surface area contributed by atoms with E-state index in [-0.39, 0.29) is 6.03 Å². The maximum absolute atomic E-state index is 11.3. The van der Waals surface area contributed by atoms with Gasteiger partial charge in [-0.05, 0) is 0 Å². The molecule has 1 aromatic rings. The number of aromatic nitrogens is 2. The summed E-state index contributed by atoms with van der Waals surface area (Å²) < 4.78 is 2.10. The maximum Gasteiger partial charge on any atom is 0.317 e. The number of carbonyl (C=O) groups excluding carboxylic acids is 1. The molecule has 1 saturated heterocycles. The molecule has 0 radical (unpaired) electrons. The van der Waals surface area contributed by atoms with Crippen LogP contribution in [0, 0.1) is 0 Å². The van der Waals surface area contributed by atoms with Crippen LogP contribution in [0.4, 0.5) is 4.79 Å². The zero-order valence-corrected chi connectivity index (χ0v) is 8.94. The van der Waals surface area contributed by atoms with Crippen molar-refractivity contribution in [1.82, 2.24) is 19.8 Å². The number of aryl methyl sites for hydroxylation is 1. The Kier molecular flexibility index (Phi) is 2.89. The molecule has 0 bridgehead atoms. The highest BCUT2D eigenvalue weighted by Gasteiger charge is 2.18. The van der Waals surface area contributed by atoms with Crippen LogP contribution < -0.4 is 5.32 Å². The van der Waals surface area contributed by atoms with Gasteiger partial charge in [-0.15, -0.1) is 0 Å². The average Bonchev–Trinajstić information content (AvgIpc) is 2.83. The van der Waals surface area contributed by atoms with Gasteiger partial charge in [0.15, 0.2) is 0 Å². The molecule has 82 valence electrons. The highest BCUT2D eigenvalue weighted by molar-refractivity contribution is 5.76. The number of hydrogen-bond donors (Lipinski definition) is 1. The van der Waals surface area contributed by atoms with E-state index in [4.69, 9.17) is 0 Å². The zero-order valence-electron chi connectivity index (χ0n) is 8.94. The van der Waals surface area contributed by atoms with Crippen LogP contribution in [-0.4, -0.2) is 40.1 Å². The second-order valence-corrected chi connectivity index (χ2v) is 3.61. The van der Waals surface area contributed by atoms with Crippen molar-refractivity contribution in [3.05, 3.63) is 18.2 Å². The molecule has 1 N–H and O–H groups in total. The van der Waals surface area contributed by atoms with Crippen molar-refractivity contribution < 1.29 is 4.79 Å². The topological polar surface area (TPSA) is 50.2 Å². The first-order valence-corrected chi connectivity index (χ1v) is 5.34. The van der Waals surface area contributed by atoms with E-state index in [1.54, 1.807) is 0 Å².